The molecule has 0 aliphatic carbocycles. The maximum Gasteiger partial charge on any atom is 0.241 e. The van der Waals surface area contributed by atoms with E-state index in [1.165, 1.54) is 4.88 Å². The summed E-state index contributed by atoms with van der Waals surface area (Å²) in [4.78, 5) is 7.93. The SMILES string of the molecule is C[C@H](c1cccs1)N(C)Cc1nc(-c2ccccc2Cl)no1. The monoisotopic (exact) mass is 333 g/mol. The minimum absolute atomic E-state index is 0.302. The van der Waals surface area contributed by atoms with Gasteiger partial charge in [-0.3, -0.25) is 4.90 Å². The molecule has 0 amide bonds. The van der Waals surface area contributed by atoms with Crippen LogP contribution in [0.4, 0.5) is 0 Å². The van der Waals surface area contributed by atoms with Gasteiger partial charge in [0, 0.05) is 16.5 Å². The predicted octanol–water partition coefficient (Wildman–Crippen LogP) is 4.64. The summed E-state index contributed by atoms with van der Waals surface area (Å²) in [5.74, 6) is 1.11. The molecule has 1 aromatic carbocycles. The van der Waals surface area contributed by atoms with Crippen LogP contribution in [0.1, 0.15) is 23.7 Å². The highest BCUT2D eigenvalue weighted by atomic mass is 35.5. The molecule has 0 radical (unpaired) electrons. The third-order valence-corrected chi connectivity index (χ3v) is 4.96. The van der Waals surface area contributed by atoms with Gasteiger partial charge in [0.2, 0.25) is 11.7 Å². The van der Waals surface area contributed by atoms with Gasteiger partial charge in [-0.2, -0.15) is 4.98 Å². The summed E-state index contributed by atoms with van der Waals surface area (Å²) < 4.78 is 5.35. The molecular weight excluding hydrogens is 318 g/mol. The molecule has 22 heavy (non-hydrogen) atoms. The Morgan fingerprint density at radius 3 is 2.82 bits per heavy atom. The Bertz CT molecular complexity index is 741. The van der Waals surface area contributed by atoms with Crippen molar-refractivity contribution in [3.05, 3.63) is 57.6 Å². The molecule has 0 saturated carbocycles. The van der Waals surface area contributed by atoms with E-state index < -0.39 is 0 Å². The third kappa shape index (κ3) is 3.21. The minimum atomic E-state index is 0.302. The molecule has 114 valence electrons. The van der Waals surface area contributed by atoms with Crippen LogP contribution in [0.3, 0.4) is 0 Å². The van der Waals surface area contributed by atoms with Gasteiger partial charge in [-0.25, -0.2) is 0 Å². The summed E-state index contributed by atoms with van der Waals surface area (Å²) in [5.41, 5.74) is 0.785. The van der Waals surface area contributed by atoms with Crippen molar-refractivity contribution in [2.45, 2.75) is 19.5 Å². The van der Waals surface area contributed by atoms with E-state index in [0.717, 1.165) is 5.56 Å². The summed E-state index contributed by atoms with van der Waals surface area (Å²) >= 11 is 7.91. The number of hydrogen-bond donors (Lipinski definition) is 0. The summed E-state index contributed by atoms with van der Waals surface area (Å²) in [7, 11) is 2.05. The molecule has 0 aliphatic rings. The van der Waals surface area contributed by atoms with E-state index in [0.29, 0.717) is 29.3 Å². The quantitative estimate of drug-likeness (QED) is 0.682. The number of thiophene rings is 1. The molecule has 1 atom stereocenters. The molecule has 0 fully saturated rings. The first-order valence-electron chi connectivity index (χ1n) is 6.96. The molecule has 0 N–H and O–H groups in total. The van der Waals surface area contributed by atoms with Crippen LogP contribution in [0.15, 0.2) is 46.3 Å². The molecule has 0 aliphatic heterocycles. The van der Waals surface area contributed by atoms with Crippen LogP contribution >= 0.6 is 22.9 Å². The zero-order valence-electron chi connectivity index (χ0n) is 12.4. The molecular formula is C16H16ClN3OS. The fourth-order valence-electron chi connectivity index (χ4n) is 2.17. The van der Waals surface area contributed by atoms with Crippen LogP contribution in [-0.4, -0.2) is 22.1 Å². The second-order valence-electron chi connectivity index (χ2n) is 5.10. The van der Waals surface area contributed by atoms with Crippen LogP contribution in [0.2, 0.25) is 5.02 Å². The van der Waals surface area contributed by atoms with E-state index in [-0.39, 0.29) is 0 Å². The number of halogens is 1. The fourth-order valence-corrected chi connectivity index (χ4v) is 3.24. The molecule has 6 heteroatoms. The second-order valence-corrected chi connectivity index (χ2v) is 6.48. The van der Waals surface area contributed by atoms with Crippen LogP contribution in [0, 0.1) is 0 Å². The first-order chi connectivity index (χ1) is 10.6. The van der Waals surface area contributed by atoms with Gasteiger partial charge in [0.05, 0.1) is 11.6 Å². The Hall–Kier alpha value is -1.69. The van der Waals surface area contributed by atoms with Crippen molar-refractivity contribution < 1.29 is 4.52 Å². The highest BCUT2D eigenvalue weighted by molar-refractivity contribution is 7.10. The van der Waals surface area contributed by atoms with Crippen LogP contribution < -0.4 is 0 Å². The molecule has 3 aromatic rings. The number of benzene rings is 1. The highest BCUT2D eigenvalue weighted by Crippen LogP contribution is 2.27. The number of rotatable bonds is 5. The first-order valence-corrected chi connectivity index (χ1v) is 8.22. The van der Waals surface area contributed by atoms with E-state index >= 15 is 0 Å². The van der Waals surface area contributed by atoms with Crippen molar-refractivity contribution in [3.63, 3.8) is 0 Å². The summed E-state index contributed by atoms with van der Waals surface area (Å²) in [6.07, 6.45) is 0. The Kier molecular flexibility index (Phi) is 4.57. The molecule has 2 aromatic heterocycles. The molecule has 0 bridgehead atoms. The zero-order chi connectivity index (χ0) is 15.5. The summed E-state index contributed by atoms with van der Waals surface area (Å²) in [6, 6.07) is 12.0. The van der Waals surface area contributed by atoms with Gasteiger partial charge in [0.15, 0.2) is 0 Å². The maximum atomic E-state index is 6.16. The van der Waals surface area contributed by atoms with Gasteiger partial charge >= 0.3 is 0 Å². The van der Waals surface area contributed by atoms with E-state index in [1.807, 2.05) is 31.3 Å². The average molecular weight is 334 g/mol. The van der Waals surface area contributed by atoms with E-state index in [4.69, 9.17) is 16.1 Å². The van der Waals surface area contributed by atoms with Crippen molar-refractivity contribution in [3.8, 4) is 11.4 Å². The zero-order valence-corrected chi connectivity index (χ0v) is 13.9. The van der Waals surface area contributed by atoms with Crippen molar-refractivity contribution in [2.24, 2.45) is 0 Å². The lowest BCUT2D eigenvalue weighted by atomic mass is 10.2. The number of nitrogens with zero attached hydrogens (tertiary/aromatic N) is 3. The Balaban J connectivity index is 1.73. The van der Waals surface area contributed by atoms with Gasteiger partial charge in [-0.15, -0.1) is 11.3 Å². The van der Waals surface area contributed by atoms with Gasteiger partial charge in [-0.05, 0) is 37.6 Å². The highest BCUT2D eigenvalue weighted by Gasteiger charge is 2.17. The predicted molar refractivity (Wildman–Crippen MR) is 88.9 cm³/mol. The smallest absolute Gasteiger partial charge is 0.241 e. The van der Waals surface area contributed by atoms with Gasteiger partial charge in [0.1, 0.15) is 0 Å². The Morgan fingerprint density at radius 1 is 1.27 bits per heavy atom. The van der Waals surface area contributed by atoms with Crippen LogP contribution in [-0.2, 0) is 6.54 Å². The lowest BCUT2D eigenvalue weighted by molar-refractivity contribution is 0.219. The minimum Gasteiger partial charge on any atom is -0.338 e. The van der Waals surface area contributed by atoms with Crippen molar-refractivity contribution in [2.75, 3.05) is 7.05 Å². The summed E-state index contributed by atoms with van der Waals surface area (Å²) in [6.45, 7) is 2.76. The molecule has 4 nitrogen and oxygen atoms in total. The largest absolute Gasteiger partial charge is 0.338 e. The fraction of sp³-hybridized carbons (Fsp3) is 0.250. The van der Waals surface area contributed by atoms with Gasteiger partial charge in [0.25, 0.3) is 0 Å². The topological polar surface area (TPSA) is 42.2 Å². The summed E-state index contributed by atoms with van der Waals surface area (Å²) in [5, 5.41) is 6.73. The van der Waals surface area contributed by atoms with Gasteiger partial charge in [-0.1, -0.05) is 35.0 Å². The molecule has 2 heterocycles. The maximum absolute atomic E-state index is 6.16. The average Bonchev–Trinajstić information content (AvgIpc) is 3.18. The molecule has 0 saturated heterocycles. The van der Waals surface area contributed by atoms with E-state index in [2.05, 4.69) is 39.5 Å². The van der Waals surface area contributed by atoms with Crippen molar-refractivity contribution >= 4 is 22.9 Å². The van der Waals surface area contributed by atoms with Crippen LogP contribution in [0.5, 0.6) is 0 Å². The first kappa shape index (κ1) is 15.2. The molecule has 3 rings (SSSR count). The van der Waals surface area contributed by atoms with E-state index in [1.54, 1.807) is 11.3 Å². The Morgan fingerprint density at radius 2 is 2.09 bits per heavy atom. The van der Waals surface area contributed by atoms with Gasteiger partial charge < -0.3 is 4.52 Å². The van der Waals surface area contributed by atoms with Crippen molar-refractivity contribution in [1.29, 1.82) is 0 Å². The lowest BCUT2D eigenvalue weighted by Gasteiger charge is -2.21. The van der Waals surface area contributed by atoms with Crippen LogP contribution in [0.25, 0.3) is 11.4 Å². The number of aromatic nitrogens is 2. The number of hydrogen-bond acceptors (Lipinski definition) is 5. The lowest BCUT2D eigenvalue weighted by Crippen LogP contribution is -2.21. The van der Waals surface area contributed by atoms with Crippen molar-refractivity contribution in [1.82, 2.24) is 15.0 Å². The standard InChI is InChI=1S/C16H16ClN3OS/c1-11(14-8-5-9-22-14)20(2)10-15-18-16(19-21-15)12-6-3-4-7-13(12)17/h3-9,11H,10H2,1-2H3/t11-/m1/s1. The molecule has 0 spiro atoms. The third-order valence-electron chi connectivity index (χ3n) is 3.58. The Labute approximate surface area is 138 Å². The normalized spacial score (nSPS) is 12.7. The second kappa shape index (κ2) is 6.60. The van der Waals surface area contributed by atoms with E-state index in [9.17, 15) is 0 Å². The molecule has 0 unspecified atom stereocenters.